The maximum atomic E-state index is 13.7. The molecule has 134 valence electrons. The molecule has 2 aromatic rings. The van der Waals surface area contributed by atoms with Gasteiger partial charge in [0.25, 0.3) is 5.92 Å². The Morgan fingerprint density at radius 3 is 2.96 bits per heavy atom. The summed E-state index contributed by atoms with van der Waals surface area (Å²) in [5, 5.41) is 22.8. The molecule has 2 heterocycles. The highest BCUT2D eigenvalue weighted by molar-refractivity contribution is 5.90. The molecule has 8 nitrogen and oxygen atoms in total. The number of carbonyl (C=O) groups is 1. The Hall–Kier alpha value is -2.62. The van der Waals surface area contributed by atoms with E-state index in [-0.39, 0.29) is 13.1 Å². The minimum Gasteiger partial charge on any atom is -0.396 e. The second-order valence-corrected chi connectivity index (χ2v) is 6.02. The first kappa shape index (κ1) is 17.2. The first-order chi connectivity index (χ1) is 11.9. The molecule has 1 aliphatic rings. The lowest BCUT2D eigenvalue weighted by Crippen LogP contribution is -2.51. The fraction of sp³-hybridized carbons (Fsp3) is 0.467. The van der Waals surface area contributed by atoms with Crippen molar-refractivity contribution in [1.82, 2.24) is 25.1 Å². The molecule has 25 heavy (non-hydrogen) atoms. The van der Waals surface area contributed by atoms with Crippen molar-refractivity contribution in [2.24, 2.45) is 5.92 Å². The number of rotatable bonds is 3. The van der Waals surface area contributed by atoms with Crippen LogP contribution in [-0.2, 0) is 0 Å². The number of aliphatic hydroxyl groups excluding tert-OH is 1. The van der Waals surface area contributed by atoms with E-state index < -0.39 is 30.9 Å². The molecule has 0 radical (unpaired) electrons. The second-order valence-electron chi connectivity index (χ2n) is 6.02. The first-order valence-electron chi connectivity index (χ1n) is 7.79. The summed E-state index contributed by atoms with van der Waals surface area (Å²) in [6.45, 7) is 0.895. The Kier molecular flexibility index (Phi) is 4.62. The van der Waals surface area contributed by atoms with Crippen molar-refractivity contribution in [2.75, 3.05) is 25.0 Å². The summed E-state index contributed by atoms with van der Waals surface area (Å²) in [7, 11) is 0. The fourth-order valence-corrected chi connectivity index (χ4v) is 2.72. The van der Waals surface area contributed by atoms with Crippen LogP contribution in [0.5, 0.6) is 0 Å². The Labute approximate surface area is 142 Å². The first-order valence-corrected chi connectivity index (χ1v) is 7.79. The highest BCUT2D eigenvalue weighted by Gasteiger charge is 2.44. The SMILES string of the molecule is Cc1ccc(-n2cnnn2)cc1NC(=O)N1CCC(F)(F)C(CO)C1. The van der Waals surface area contributed by atoms with E-state index >= 15 is 0 Å². The van der Waals surface area contributed by atoms with Gasteiger partial charge in [-0.3, -0.25) is 0 Å². The number of alkyl halides is 2. The molecule has 1 aromatic heterocycles. The molecule has 0 bridgehead atoms. The van der Waals surface area contributed by atoms with Crippen LogP contribution in [0.1, 0.15) is 12.0 Å². The number of hydrogen-bond acceptors (Lipinski definition) is 5. The van der Waals surface area contributed by atoms with Gasteiger partial charge in [-0.05, 0) is 35.0 Å². The summed E-state index contributed by atoms with van der Waals surface area (Å²) in [4.78, 5) is 13.7. The van der Waals surface area contributed by atoms with Gasteiger partial charge in [-0.25, -0.2) is 18.3 Å². The number of halogens is 2. The zero-order valence-corrected chi connectivity index (χ0v) is 13.6. The molecule has 1 aromatic carbocycles. The predicted octanol–water partition coefficient (Wildman–Crippen LogP) is 1.45. The van der Waals surface area contributed by atoms with E-state index in [2.05, 4.69) is 20.8 Å². The second kappa shape index (κ2) is 6.71. The number of urea groups is 1. The van der Waals surface area contributed by atoms with Crippen LogP contribution < -0.4 is 5.32 Å². The number of aromatic nitrogens is 4. The van der Waals surface area contributed by atoms with Gasteiger partial charge in [0.2, 0.25) is 0 Å². The quantitative estimate of drug-likeness (QED) is 0.872. The zero-order chi connectivity index (χ0) is 18.0. The number of nitrogens with zero attached hydrogens (tertiary/aromatic N) is 5. The van der Waals surface area contributed by atoms with Crippen LogP contribution >= 0.6 is 0 Å². The number of benzene rings is 1. The zero-order valence-electron chi connectivity index (χ0n) is 13.6. The normalized spacial score (nSPS) is 19.7. The summed E-state index contributed by atoms with van der Waals surface area (Å²) < 4.78 is 28.8. The molecule has 3 rings (SSSR count). The third kappa shape index (κ3) is 3.58. The lowest BCUT2D eigenvalue weighted by Gasteiger charge is -2.37. The maximum absolute atomic E-state index is 13.7. The van der Waals surface area contributed by atoms with Gasteiger partial charge >= 0.3 is 6.03 Å². The summed E-state index contributed by atoms with van der Waals surface area (Å²) in [6.07, 6.45) is 0.962. The minimum absolute atomic E-state index is 0.0684. The average Bonchev–Trinajstić information content (AvgIpc) is 3.11. The molecule has 1 saturated heterocycles. The number of aliphatic hydroxyl groups is 1. The minimum atomic E-state index is -2.96. The molecule has 1 fully saturated rings. The lowest BCUT2D eigenvalue weighted by atomic mass is 9.94. The van der Waals surface area contributed by atoms with Crippen molar-refractivity contribution < 1.29 is 18.7 Å². The Balaban J connectivity index is 1.74. The Morgan fingerprint density at radius 1 is 1.48 bits per heavy atom. The number of nitrogens with one attached hydrogen (secondary N) is 1. The number of hydrogen-bond donors (Lipinski definition) is 2. The summed E-state index contributed by atoms with van der Waals surface area (Å²) in [5.74, 6) is -4.21. The molecule has 1 atom stereocenters. The van der Waals surface area contributed by atoms with Gasteiger partial charge in [0.05, 0.1) is 18.2 Å². The monoisotopic (exact) mass is 352 g/mol. The molecule has 1 aliphatic heterocycles. The van der Waals surface area contributed by atoms with Gasteiger partial charge < -0.3 is 15.3 Å². The van der Waals surface area contributed by atoms with E-state index in [4.69, 9.17) is 5.11 Å². The molecule has 0 aliphatic carbocycles. The van der Waals surface area contributed by atoms with Crippen LogP contribution in [0.4, 0.5) is 19.3 Å². The molecular weight excluding hydrogens is 334 g/mol. The predicted molar refractivity (Wildman–Crippen MR) is 84.6 cm³/mol. The maximum Gasteiger partial charge on any atom is 0.321 e. The average molecular weight is 352 g/mol. The van der Waals surface area contributed by atoms with Crippen molar-refractivity contribution in [1.29, 1.82) is 0 Å². The van der Waals surface area contributed by atoms with Gasteiger partial charge in [0.1, 0.15) is 6.33 Å². The number of amides is 2. The molecule has 0 saturated carbocycles. The highest BCUT2D eigenvalue weighted by Crippen LogP contribution is 2.33. The number of piperidine rings is 1. The van der Waals surface area contributed by atoms with Crippen molar-refractivity contribution in [3.05, 3.63) is 30.1 Å². The van der Waals surface area contributed by atoms with E-state index in [1.165, 1.54) is 15.9 Å². The molecule has 0 spiro atoms. The van der Waals surface area contributed by atoms with Gasteiger partial charge in [0, 0.05) is 25.2 Å². The van der Waals surface area contributed by atoms with Crippen LogP contribution in [0.15, 0.2) is 24.5 Å². The topological polar surface area (TPSA) is 96.2 Å². The van der Waals surface area contributed by atoms with E-state index in [9.17, 15) is 13.6 Å². The summed E-state index contributed by atoms with van der Waals surface area (Å²) in [6, 6.07) is 4.81. The van der Waals surface area contributed by atoms with Gasteiger partial charge in [-0.1, -0.05) is 6.07 Å². The van der Waals surface area contributed by atoms with Crippen LogP contribution in [-0.4, -0.2) is 61.9 Å². The Morgan fingerprint density at radius 2 is 2.28 bits per heavy atom. The number of anilines is 1. The third-order valence-corrected chi connectivity index (χ3v) is 4.34. The smallest absolute Gasteiger partial charge is 0.321 e. The fourth-order valence-electron chi connectivity index (χ4n) is 2.72. The Bertz CT molecular complexity index is 752. The van der Waals surface area contributed by atoms with Crippen molar-refractivity contribution in [3.8, 4) is 5.69 Å². The number of tetrazole rings is 1. The van der Waals surface area contributed by atoms with Gasteiger partial charge in [-0.15, -0.1) is 5.10 Å². The number of carbonyl (C=O) groups excluding carboxylic acids is 1. The summed E-state index contributed by atoms with van der Waals surface area (Å²) >= 11 is 0. The standard InChI is InChI=1S/C15H18F2N6O2/c1-10-2-3-12(23-9-18-20-21-23)6-13(10)19-14(25)22-5-4-15(16,17)11(7-22)8-24/h2-3,6,9,11,24H,4-5,7-8H2,1H3,(H,19,25). The van der Waals surface area contributed by atoms with Crippen molar-refractivity contribution >= 4 is 11.7 Å². The van der Waals surface area contributed by atoms with Crippen LogP contribution in [0, 0.1) is 12.8 Å². The van der Waals surface area contributed by atoms with E-state index in [0.29, 0.717) is 11.4 Å². The van der Waals surface area contributed by atoms with Gasteiger partial charge in [0.15, 0.2) is 0 Å². The lowest BCUT2D eigenvalue weighted by molar-refractivity contribution is -0.111. The number of aryl methyl sites for hydroxylation is 1. The molecule has 2 amide bonds. The van der Waals surface area contributed by atoms with Crippen molar-refractivity contribution in [3.63, 3.8) is 0 Å². The number of likely N-dealkylation sites (tertiary alicyclic amines) is 1. The van der Waals surface area contributed by atoms with E-state index in [1.807, 2.05) is 6.92 Å². The van der Waals surface area contributed by atoms with Gasteiger partial charge in [-0.2, -0.15) is 0 Å². The summed E-state index contributed by atoms with van der Waals surface area (Å²) in [5.41, 5.74) is 2.01. The molecule has 10 heteroatoms. The van der Waals surface area contributed by atoms with Crippen LogP contribution in [0.2, 0.25) is 0 Å². The van der Waals surface area contributed by atoms with Crippen molar-refractivity contribution in [2.45, 2.75) is 19.3 Å². The molecular formula is C15H18F2N6O2. The highest BCUT2D eigenvalue weighted by atomic mass is 19.3. The van der Waals surface area contributed by atoms with Crippen LogP contribution in [0.25, 0.3) is 5.69 Å². The largest absolute Gasteiger partial charge is 0.396 e. The van der Waals surface area contributed by atoms with Crippen LogP contribution in [0.3, 0.4) is 0 Å². The third-order valence-electron chi connectivity index (χ3n) is 4.34. The molecule has 1 unspecified atom stereocenters. The molecule has 2 N–H and O–H groups in total. The van der Waals surface area contributed by atoms with E-state index in [0.717, 1.165) is 5.56 Å². The van der Waals surface area contributed by atoms with E-state index in [1.54, 1.807) is 18.2 Å².